The van der Waals surface area contributed by atoms with Gasteiger partial charge in [-0.3, -0.25) is 5.32 Å². The lowest BCUT2D eigenvalue weighted by atomic mass is 10.2. The Kier molecular flexibility index (Phi) is 11.6. The van der Waals surface area contributed by atoms with Crippen LogP contribution in [0.15, 0.2) is 48.5 Å². The Hall–Kier alpha value is -3.30. The molecule has 9 heteroatoms. The maximum absolute atomic E-state index is 12.2. The summed E-state index contributed by atoms with van der Waals surface area (Å²) in [5.41, 5.74) is 0.817. The van der Waals surface area contributed by atoms with Gasteiger partial charge in [0.25, 0.3) is 0 Å². The number of anilines is 1. The van der Waals surface area contributed by atoms with Gasteiger partial charge in [0.15, 0.2) is 11.5 Å². The van der Waals surface area contributed by atoms with E-state index in [0.29, 0.717) is 42.5 Å². The molecule has 0 bridgehead atoms. The lowest BCUT2D eigenvalue weighted by Crippen LogP contribution is -2.33. The highest BCUT2D eigenvalue weighted by atomic mass is 16.5. The number of para-hydroxylation sites is 2. The van der Waals surface area contributed by atoms with Crippen LogP contribution >= 0.6 is 0 Å². The van der Waals surface area contributed by atoms with Crippen LogP contribution in [0.1, 0.15) is 30.1 Å². The number of esters is 1. The Bertz CT molecular complexity index is 858. The number of nitrogens with one attached hydrogen (secondary N) is 2. The zero-order chi connectivity index (χ0) is 23.9. The van der Waals surface area contributed by atoms with Gasteiger partial charge in [-0.05, 0) is 42.8 Å². The van der Waals surface area contributed by atoms with Gasteiger partial charge < -0.3 is 29.4 Å². The van der Waals surface area contributed by atoms with E-state index in [9.17, 15) is 14.7 Å². The molecule has 1 atom stereocenters. The van der Waals surface area contributed by atoms with Gasteiger partial charge in [0, 0.05) is 18.8 Å². The zero-order valence-electron chi connectivity index (χ0n) is 19.0. The van der Waals surface area contributed by atoms with Crippen LogP contribution in [0.25, 0.3) is 0 Å². The molecule has 1 amide bonds. The molecule has 0 saturated heterocycles. The molecule has 3 N–H and O–H groups in total. The molecule has 0 aromatic heterocycles. The minimum absolute atomic E-state index is 0.150. The first-order chi connectivity index (χ1) is 16.0. The molecule has 2 rings (SSSR count). The van der Waals surface area contributed by atoms with Crippen molar-refractivity contribution in [2.24, 2.45) is 0 Å². The van der Waals surface area contributed by atoms with E-state index in [1.54, 1.807) is 19.2 Å². The van der Waals surface area contributed by atoms with E-state index in [2.05, 4.69) is 10.6 Å². The van der Waals surface area contributed by atoms with Crippen molar-refractivity contribution < 1.29 is 33.6 Å². The van der Waals surface area contributed by atoms with Crippen LogP contribution in [0.4, 0.5) is 10.5 Å². The van der Waals surface area contributed by atoms with Crippen molar-refractivity contribution in [2.45, 2.75) is 25.9 Å². The molecule has 33 heavy (non-hydrogen) atoms. The van der Waals surface area contributed by atoms with Crippen LogP contribution in [0.3, 0.4) is 0 Å². The van der Waals surface area contributed by atoms with Crippen molar-refractivity contribution >= 4 is 17.7 Å². The second-order valence-corrected chi connectivity index (χ2v) is 7.15. The summed E-state index contributed by atoms with van der Waals surface area (Å²) in [6, 6.07) is 13.6. The summed E-state index contributed by atoms with van der Waals surface area (Å²) in [4.78, 5) is 23.8. The number of benzene rings is 2. The molecule has 2 aromatic carbocycles. The number of unbranched alkanes of at least 4 members (excludes halogenated alkanes) is 1. The van der Waals surface area contributed by atoms with Crippen molar-refractivity contribution in [3.63, 3.8) is 0 Å². The third kappa shape index (κ3) is 9.80. The van der Waals surface area contributed by atoms with Gasteiger partial charge in [-0.15, -0.1) is 0 Å². The average Bonchev–Trinajstić information content (AvgIpc) is 2.83. The van der Waals surface area contributed by atoms with Crippen LogP contribution < -0.4 is 20.1 Å². The first kappa shape index (κ1) is 26.0. The molecule has 1 unspecified atom stereocenters. The Morgan fingerprint density at radius 1 is 1.00 bits per heavy atom. The van der Waals surface area contributed by atoms with Gasteiger partial charge in [0.2, 0.25) is 0 Å². The SMILES string of the molecule is CCCCOC(=O)Nc1ccc(C(=O)OCC(O)CNCCOc2ccccc2OC)cc1. The number of aliphatic hydroxyl groups excluding tert-OH is 1. The van der Waals surface area contributed by atoms with Crippen LogP contribution in [0.5, 0.6) is 11.5 Å². The van der Waals surface area contributed by atoms with Crippen molar-refractivity contribution in [3.05, 3.63) is 54.1 Å². The van der Waals surface area contributed by atoms with E-state index in [0.717, 1.165) is 12.8 Å². The number of hydrogen-bond donors (Lipinski definition) is 3. The highest BCUT2D eigenvalue weighted by Gasteiger charge is 2.12. The summed E-state index contributed by atoms with van der Waals surface area (Å²) in [5, 5.41) is 15.6. The predicted molar refractivity (Wildman–Crippen MR) is 124 cm³/mol. The maximum Gasteiger partial charge on any atom is 0.411 e. The quantitative estimate of drug-likeness (QED) is 0.291. The first-order valence-corrected chi connectivity index (χ1v) is 10.9. The molecule has 180 valence electrons. The van der Waals surface area contributed by atoms with Gasteiger partial charge in [-0.2, -0.15) is 0 Å². The van der Waals surface area contributed by atoms with Crippen LogP contribution in [0.2, 0.25) is 0 Å². The minimum Gasteiger partial charge on any atom is -0.493 e. The monoisotopic (exact) mass is 460 g/mol. The fourth-order valence-electron chi connectivity index (χ4n) is 2.71. The largest absolute Gasteiger partial charge is 0.493 e. The first-order valence-electron chi connectivity index (χ1n) is 10.9. The number of carbonyl (C=O) groups excluding carboxylic acids is 2. The molecule has 0 spiro atoms. The molecule has 0 aliphatic heterocycles. The van der Waals surface area contributed by atoms with Crippen LogP contribution in [-0.4, -0.2) is 63.3 Å². The van der Waals surface area contributed by atoms with E-state index < -0.39 is 18.2 Å². The number of amides is 1. The van der Waals surface area contributed by atoms with Gasteiger partial charge in [0.05, 0.1) is 19.3 Å². The van der Waals surface area contributed by atoms with Crippen LogP contribution in [0, 0.1) is 0 Å². The highest BCUT2D eigenvalue weighted by Crippen LogP contribution is 2.25. The average molecular weight is 461 g/mol. The fourth-order valence-corrected chi connectivity index (χ4v) is 2.71. The Balaban J connectivity index is 1.62. The Labute approximate surface area is 194 Å². The van der Waals surface area contributed by atoms with E-state index >= 15 is 0 Å². The zero-order valence-corrected chi connectivity index (χ0v) is 19.0. The summed E-state index contributed by atoms with van der Waals surface area (Å²) in [5.74, 6) is 0.733. The highest BCUT2D eigenvalue weighted by molar-refractivity contribution is 5.91. The molecule has 0 radical (unpaired) electrons. The fraction of sp³-hybridized carbons (Fsp3) is 0.417. The van der Waals surface area contributed by atoms with Crippen molar-refractivity contribution in [3.8, 4) is 11.5 Å². The summed E-state index contributed by atoms with van der Waals surface area (Å²) in [7, 11) is 1.58. The second-order valence-electron chi connectivity index (χ2n) is 7.15. The second kappa shape index (κ2) is 14.7. The Morgan fingerprint density at radius 2 is 1.73 bits per heavy atom. The van der Waals surface area contributed by atoms with Gasteiger partial charge in [-0.1, -0.05) is 25.5 Å². The molecular weight excluding hydrogens is 428 g/mol. The predicted octanol–water partition coefficient (Wildman–Crippen LogP) is 3.23. The number of ether oxygens (including phenoxy) is 4. The normalized spacial score (nSPS) is 11.4. The molecule has 9 nitrogen and oxygen atoms in total. The third-order valence-electron chi connectivity index (χ3n) is 4.49. The molecule has 0 saturated carbocycles. The maximum atomic E-state index is 12.2. The topological polar surface area (TPSA) is 115 Å². The van der Waals surface area contributed by atoms with Gasteiger partial charge in [-0.25, -0.2) is 9.59 Å². The van der Waals surface area contributed by atoms with Gasteiger partial charge >= 0.3 is 12.1 Å². The standard InChI is InChI=1S/C24H32N2O7/c1-3-4-14-32-24(29)26-19-11-9-18(10-12-19)23(28)33-17-20(27)16-25-13-15-31-22-8-6-5-7-21(22)30-2/h5-12,20,25,27H,3-4,13-17H2,1-2H3,(H,26,29). The van der Waals surface area contributed by atoms with Crippen LogP contribution in [-0.2, 0) is 9.47 Å². The molecule has 0 heterocycles. The smallest absolute Gasteiger partial charge is 0.411 e. The number of hydrogen-bond acceptors (Lipinski definition) is 8. The number of rotatable bonds is 14. The van der Waals surface area contributed by atoms with Crippen molar-refractivity contribution in [2.75, 3.05) is 45.3 Å². The third-order valence-corrected chi connectivity index (χ3v) is 4.49. The molecule has 0 aliphatic rings. The number of aliphatic hydroxyl groups is 1. The summed E-state index contributed by atoms with van der Waals surface area (Å²) in [6.45, 7) is 3.35. The van der Waals surface area contributed by atoms with E-state index in [1.807, 2.05) is 31.2 Å². The lowest BCUT2D eigenvalue weighted by Gasteiger charge is -2.14. The van der Waals surface area contributed by atoms with E-state index in [4.69, 9.17) is 18.9 Å². The number of carbonyl (C=O) groups is 2. The summed E-state index contributed by atoms with van der Waals surface area (Å²) >= 11 is 0. The molecular formula is C24H32N2O7. The van der Waals surface area contributed by atoms with E-state index in [1.165, 1.54) is 12.1 Å². The molecule has 2 aromatic rings. The molecule has 0 fully saturated rings. The minimum atomic E-state index is -0.862. The van der Waals surface area contributed by atoms with Gasteiger partial charge in [0.1, 0.15) is 19.3 Å². The van der Waals surface area contributed by atoms with E-state index in [-0.39, 0.29) is 13.2 Å². The summed E-state index contributed by atoms with van der Waals surface area (Å²) < 4.78 is 21.0. The Morgan fingerprint density at radius 3 is 2.42 bits per heavy atom. The van der Waals surface area contributed by atoms with Crippen molar-refractivity contribution in [1.82, 2.24) is 5.32 Å². The summed E-state index contributed by atoms with van der Waals surface area (Å²) in [6.07, 6.45) is 0.338. The van der Waals surface area contributed by atoms with Crippen molar-refractivity contribution in [1.29, 1.82) is 0 Å². The lowest BCUT2D eigenvalue weighted by molar-refractivity contribution is 0.0258. The number of methoxy groups -OCH3 is 1. The molecule has 0 aliphatic carbocycles.